The molecular formula is C18H19NO7. The maximum Gasteiger partial charge on any atom is 0.342 e. The molecule has 0 aliphatic rings. The molecule has 0 amide bonds. The van der Waals surface area contributed by atoms with Gasteiger partial charge in [-0.2, -0.15) is 0 Å². The summed E-state index contributed by atoms with van der Waals surface area (Å²) in [4.78, 5) is 22.9. The lowest BCUT2D eigenvalue weighted by molar-refractivity contribution is -0.385. The summed E-state index contributed by atoms with van der Waals surface area (Å²) in [6.07, 6.45) is -0.694. The van der Waals surface area contributed by atoms with Crippen LogP contribution in [0, 0.1) is 10.1 Å². The highest BCUT2D eigenvalue weighted by molar-refractivity contribution is 5.93. The van der Waals surface area contributed by atoms with Crippen molar-refractivity contribution in [2.24, 2.45) is 0 Å². The average molecular weight is 361 g/mol. The van der Waals surface area contributed by atoms with Gasteiger partial charge in [0.1, 0.15) is 17.4 Å². The molecule has 8 nitrogen and oxygen atoms in total. The standard InChI is InChI=1S/C18H19NO7/c1-11(12-6-5-7-13(8-12)19(21)22)26-18(20)14-9-16(24-3)17(25-4)10-15(14)23-2/h5-11H,1-4H3. The predicted molar refractivity (Wildman–Crippen MR) is 93.0 cm³/mol. The van der Waals surface area contributed by atoms with E-state index in [4.69, 9.17) is 18.9 Å². The monoisotopic (exact) mass is 361 g/mol. The summed E-state index contributed by atoms with van der Waals surface area (Å²) in [5.41, 5.74) is 0.587. The van der Waals surface area contributed by atoms with Crippen molar-refractivity contribution in [1.29, 1.82) is 0 Å². The number of ether oxygens (including phenoxy) is 4. The first-order valence-corrected chi connectivity index (χ1v) is 7.66. The molecule has 0 aromatic heterocycles. The van der Waals surface area contributed by atoms with E-state index in [9.17, 15) is 14.9 Å². The van der Waals surface area contributed by atoms with Crippen LogP contribution in [0.25, 0.3) is 0 Å². The van der Waals surface area contributed by atoms with Gasteiger partial charge in [-0.25, -0.2) is 4.79 Å². The maximum atomic E-state index is 12.6. The number of carbonyl (C=O) groups excluding carboxylic acids is 1. The summed E-state index contributed by atoms with van der Waals surface area (Å²) in [5, 5.41) is 10.9. The van der Waals surface area contributed by atoms with Crippen LogP contribution in [0.5, 0.6) is 17.2 Å². The van der Waals surface area contributed by atoms with E-state index in [0.717, 1.165) is 0 Å². The molecule has 0 saturated heterocycles. The summed E-state index contributed by atoms with van der Waals surface area (Å²) in [7, 11) is 4.34. The molecule has 0 saturated carbocycles. The zero-order valence-corrected chi connectivity index (χ0v) is 14.8. The number of hydrogen-bond acceptors (Lipinski definition) is 7. The highest BCUT2D eigenvalue weighted by Gasteiger charge is 2.22. The molecule has 0 spiro atoms. The molecule has 0 aliphatic carbocycles. The second kappa shape index (κ2) is 8.19. The third-order valence-electron chi connectivity index (χ3n) is 3.76. The molecule has 2 aromatic carbocycles. The molecule has 0 heterocycles. The minimum absolute atomic E-state index is 0.0749. The molecule has 8 heteroatoms. The van der Waals surface area contributed by atoms with Gasteiger partial charge in [0.25, 0.3) is 5.69 Å². The van der Waals surface area contributed by atoms with Gasteiger partial charge >= 0.3 is 5.97 Å². The van der Waals surface area contributed by atoms with Crippen LogP contribution in [-0.4, -0.2) is 32.2 Å². The van der Waals surface area contributed by atoms with E-state index in [0.29, 0.717) is 17.1 Å². The van der Waals surface area contributed by atoms with Crippen molar-refractivity contribution in [2.75, 3.05) is 21.3 Å². The molecule has 0 N–H and O–H groups in total. The van der Waals surface area contributed by atoms with Crippen molar-refractivity contribution in [3.05, 3.63) is 57.6 Å². The molecule has 0 fully saturated rings. The lowest BCUT2D eigenvalue weighted by Gasteiger charge is -2.16. The maximum absolute atomic E-state index is 12.6. The number of benzene rings is 2. The fourth-order valence-corrected chi connectivity index (χ4v) is 2.37. The Labute approximate surface area is 150 Å². The van der Waals surface area contributed by atoms with Crippen LogP contribution in [0.3, 0.4) is 0 Å². The minimum atomic E-state index is -0.694. The predicted octanol–water partition coefficient (Wildman–Crippen LogP) is 3.54. The van der Waals surface area contributed by atoms with E-state index in [-0.39, 0.29) is 17.0 Å². The number of hydrogen-bond donors (Lipinski definition) is 0. The van der Waals surface area contributed by atoms with Gasteiger partial charge in [0.2, 0.25) is 0 Å². The topological polar surface area (TPSA) is 97.1 Å². The molecule has 0 radical (unpaired) electrons. The highest BCUT2D eigenvalue weighted by Crippen LogP contribution is 2.35. The highest BCUT2D eigenvalue weighted by atomic mass is 16.6. The third-order valence-corrected chi connectivity index (χ3v) is 3.76. The van der Waals surface area contributed by atoms with Gasteiger partial charge in [-0.05, 0) is 12.5 Å². The molecule has 1 unspecified atom stereocenters. The fourth-order valence-electron chi connectivity index (χ4n) is 2.37. The summed E-state index contributed by atoms with van der Waals surface area (Å²) in [6.45, 7) is 1.63. The Hall–Kier alpha value is -3.29. The van der Waals surface area contributed by atoms with E-state index >= 15 is 0 Å². The Balaban J connectivity index is 2.29. The number of non-ortho nitro benzene ring substituents is 1. The minimum Gasteiger partial charge on any atom is -0.496 e. The molecule has 2 aromatic rings. The summed E-state index contributed by atoms with van der Waals surface area (Å²) < 4.78 is 21.0. The van der Waals surface area contributed by atoms with E-state index in [1.165, 1.54) is 51.7 Å². The Morgan fingerprint density at radius 2 is 1.62 bits per heavy atom. The van der Waals surface area contributed by atoms with Crippen LogP contribution in [0.1, 0.15) is 28.9 Å². The van der Waals surface area contributed by atoms with Crippen molar-refractivity contribution < 1.29 is 28.7 Å². The molecule has 0 bridgehead atoms. The van der Waals surface area contributed by atoms with Crippen LogP contribution in [-0.2, 0) is 4.74 Å². The summed E-state index contributed by atoms with van der Waals surface area (Å²) in [5.74, 6) is 0.372. The fraction of sp³-hybridized carbons (Fsp3) is 0.278. The zero-order valence-electron chi connectivity index (χ0n) is 14.8. The summed E-state index contributed by atoms with van der Waals surface area (Å²) >= 11 is 0. The van der Waals surface area contributed by atoms with E-state index in [2.05, 4.69) is 0 Å². The molecule has 138 valence electrons. The van der Waals surface area contributed by atoms with E-state index < -0.39 is 17.0 Å². The number of carbonyl (C=O) groups is 1. The van der Waals surface area contributed by atoms with Gasteiger partial charge in [-0.1, -0.05) is 12.1 Å². The Bertz CT molecular complexity index is 819. The van der Waals surface area contributed by atoms with Gasteiger partial charge in [-0.15, -0.1) is 0 Å². The second-order valence-electron chi connectivity index (χ2n) is 5.31. The van der Waals surface area contributed by atoms with Gasteiger partial charge in [-0.3, -0.25) is 10.1 Å². The number of esters is 1. The molecule has 26 heavy (non-hydrogen) atoms. The van der Waals surface area contributed by atoms with Crippen molar-refractivity contribution in [3.63, 3.8) is 0 Å². The number of nitro benzene ring substituents is 1. The van der Waals surface area contributed by atoms with Crippen LogP contribution in [0.2, 0.25) is 0 Å². The molecule has 1 atom stereocenters. The van der Waals surface area contributed by atoms with Crippen LogP contribution in [0.15, 0.2) is 36.4 Å². The van der Waals surface area contributed by atoms with E-state index in [1.807, 2.05) is 0 Å². The number of nitrogens with zero attached hydrogens (tertiary/aromatic N) is 1. The van der Waals surface area contributed by atoms with Crippen molar-refractivity contribution in [2.45, 2.75) is 13.0 Å². The Morgan fingerprint density at radius 1 is 1.00 bits per heavy atom. The average Bonchev–Trinajstić information content (AvgIpc) is 2.66. The zero-order chi connectivity index (χ0) is 19.3. The number of rotatable bonds is 7. The SMILES string of the molecule is COc1cc(OC)c(C(=O)OC(C)c2cccc([N+](=O)[O-])c2)cc1OC. The first-order chi connectivity index (χ1) is 12.4. The Morgan fingerprint density at radius 3 is 2.19 bits per heavy atom. The van der Waals surface area contributed by atoms with Crippen molar-refractivity contribution in [3.8, 4) is 17.2 Å². The molecule has 2 rings (SSSR count). The van der Waals surface area contributed by atoms with E-state index in [1.54, 1.807) is 13.0 Å². The normalized spacial score (nSPS) is 11.4. The third kappa shape index (κ3) is 4.02. The molecule has 0 aliphatic heterocycles. The quantitative estimate of drug-likeness (QED) is 0.423. The Kier molecular flexibility index (Phi) is 6.00. The number of nitro groups is 1. The lowest BCUT2D eigenvalue weighted by Crippen LogP contribution is -2.11. The molecular weight excluding hydrogens is 342 g/mol. The van der Waals surface area contributed by atoms with Crippen LogP contribution >= 0.6 is 0 Å². The smallest absolute Gasteiger partial charge is 0.342 e. The van der Waals surface area contributed by atoms with Crippen molar-refractivity contribution in [1.82, 2.24) is 0 Å². The van der Waals surface area contributed by atoms with Crippen LogP contribution in [0.4, 0.5) is 5.69 Å². The van der Waals surface area contributed by atoms with Gasteiger partial charge in [0.05, 0.1) is 26.3 Å². The lowest BCUT2D eigenvalue weighted by atomic mass is 10.1. The number of methoxy groups -OCH3 is 3. The van der Waals surface area contributed by atoms with Gasteiger partial charge in [0, 0.05) is 24.3 Å². The van der Waals surface area contributed by atoms with Crippen molar-refractivity contribution >= 4 is 11.7 Å². The van der Waals surface area contributed by atoms with Gasteiger partial charge in [0.15, 0.2) is 11.5 Å². The second-order valence-corrected chi connectivity index (χ2v) is 5.31. The van der Waals surface area contributed by atoms with Gasteiger partial charge < -0.3 is 18.9 Å². The largest absolute Gasteiger partial charge is 0.496 e. The first kappa shape index (κ1) is 19.0. The first-order valence-electron chi connectivity index (χ1n) is 7.66. The van der Waals surface area contributed by atoms with Crippen LogP contribution < -0.4 is 14.2 Å². The summed E-state index contributed by atoms with van der Waals surface area (Å²) in [6, 6.07) is 8.90.